The lowest BCUT2D eigenvalue weighted by molar-refractivity contribution is 0.378. The average molecular weight is 478 g/mol. The summed E-state index contributed by atoms with van der Waals surface area (Å²) >= 11 is 0. The molecule has 1 saturated heterocycles. The smallest absolute Gasteiger partial charge is 0.225 e. The number of anilines is 1. The van der Waals surface area contributed by atoms with Crippen LogP contribution in [0.1, 0.15) is 5.82 Å². The number of guanidine groups is 1. The maximum absolute atomic E-state index is 6.17. The average Bonchev–Trinajstić information content (AvgIpc) is 3.11. The van der Waals surface area contributed by atoms with Gasteiger partial charge in [-0.05, 0) is 18.2 Å². The summed E-state index contributed by atoms with van der Waals surface area (Å²) in [6, 6.07) is 9.85. The number of nitrogens with two attached hydrogens (primary N) is 1. The normalized spacial score (nSPS) is 15.0. The van der Waals surface area contributed by atoms with Gasteiger partial charge in [0.15, 0.2) is 5.96 Å². The second kappa shape index (κ2) is 8.98. The quantitative estimate of drug-likeness (QED) is 0.336. The number of para-hydroxylation sites is 2. The van der Waals surface area contributed by atoms with Crippen LogP contribution in [0.4, 0.5) is 5.95 Å². The van der Waals surface area contributed by atoms with Crippen molar-refractivity contribution >= 4 is 46.9 Å². The summed E-state index contributed by atoms with van der Waals surface area (Å²) in [6.45, 7) is 3.93. The van der Waals surface area contributed by atoms with E-state index in [1.54, 1.807) is 12.4 Å². The lowest BCUT2D eigenvalue weighted by Crippen LogP contribution is -2.51. The minimum Gasteiger partial charge on any atom is -0.370 e. The fourth-order valence-corrected chi connectivity index (χ4v) is 3.09. The molecule has 0 spiro atoms. The van der Waals surface area contributed by atoms with Gasteiger partial charge in [0.05, 0.1) is 11.0 Å². The first-order valence-electron chi connectivity index (χ1n) is 8.80. The maximum Gasteiger partial charge on any atom is 0.225 e. The zero-order valence-corrected chi connectivity index (χ0v) is 17.3. The van der Waals surface area contributed by atoms with Crippen molar-refractivity contribution in [1.82, 2.24) is 24.8 Å². The third kappa shape index (κ3) is 4.65. The number of hydrogen-bond acceptors (Lipinski definition) is 5. The summed E-state index contributed by atoms with van der Waals surface area (Å²) in [5.74, 6) is 2.30. The molecular weight excluding hydrogens is 455 g/mol. The molecule has 1 aliphatic heterocycles. The van der Waals surface area contributed by atoms with Crippen molar-refractivity contribution in [1.29, 1.82) is 0 Å². The number of nitrogens with one attached hydrogen (secondary N) is 1. The van der Waals surface area contributed by atoms with Gasteiger partial charge in [0.2, 0.25) is 5.95 Å². The van der Waals surface area contributed by atoms with Crippen molar-refractivity contribution in [3.63, 3.8) is 0 Å². The molecule has 0 bridgehead atoms. The van der Waals surface area contributed by atoms with Crippen LogP contribution in [0.5, 0.6) is 0 Å². The number of imidazole rings is 1. The zero-order chi connectivity index (χ0) is 17.8. The molecule has 9 heteroatoms. The van der Waals surface area contributed by atoms with Crippen LogP contribution >= 0.6 is 24.0 Å². The van der Waals surface area contributed by atoms with Gasteiger partial charge in [0.1, 0.15) is 5.82 Å². The Kier molecular flexibility index (Phi) is 6.43. The van der Waals surface area contributed by atoms with Crippen LogP contribution in [0.2, 0.25) is 0 Å². The fraction of sp³-hybridized carbons (Fsp3) is 0.333. The number of aromatic amines is 1. The largest absolute Gasteiger partial charge is 0.370 e. The van der Waals surface area contributed by atoms with Gasteiger partial charge in [0, 0.05) is 51.5 Å². The summed E-state index contributed by atoms with van der Waals surface area (Å²) in [7, 11) is 0. The van der Waals surface area contributed by atoms with Gasteiger partial charge in [-0.1, -0.05) is 12.1 Å². The molecule has 142 valence electrons. The molecule has 1 aromatic carbocycles. The number of rotatable bonds is 4. The van der Waals surface area contributed by atoms with Crippen LogP contribution in [0.15, 0.2) is 47.7 Å². The second-order valence-corrected chi connectivity index (χ2v) is 6.21. The van der Waals surface area contributed by atoms with Crippen molar-refractivity contribution in [2.45, 2.75) is 6.42 Å². The summed E-state index contributed by atoms with van der Waals surface area (Å²) in [5, 5.41) is 0. The van der Waals surface area contributed by atoms with Crippen LogP contribution in [-0.2, 0) is 6.42 Å². The second-order valence-electron chi connectivity index (χ2n) is 6.21. The number of benzene rings is 1. The first-order valence-corrected chi connectivity index (χ1v) is 8.80. The van der Waals surface area contributed by atoms with Crippen LogP contribution in [0.25, 0.3) is 11.0 Å². The molecule has 3 heterocycles. The number of aliphatic imine (C=N–C) groups is 1. The van der Waals surface area contributed by atoms with Crippen LogP contribution in [-0.4, -0.2) is 63.5 Å². The molecule has 1 aliphatic rings. The lowest BCUT2D eigenvalue weighted by atomic mass is 10.3. The Morgan fingerprint density at radius 2 is 1.81 bits per heavy atom. The summed E-state index contributed by atoms with van der Waals surface area (Å²) in [4.78, 5) is 25.3. The number of aromatic nitrogens is 4. The monoisotopic (exact) mass is 478 g/mol. The number of hydrogen-bond donors (Lipinski definition) is 2. The van der Waals surface area contributed by atoms with Crippen molar-refractivity contribution in [2.75, 3.05) is 37.6 Å². The predicted molar refractivity (Wildman–Crippen MR) is 118 cm³/mol. The van der Waals surface area contributed by atoms with E-state index in [-0.39, 0.29) is 24.0 Å². The SMILES string of the molecule is I.NC(=NCCc1nc2ccccc2[nH]1)N1CCN(c2ncccn2)CC1. The zero-order valence-electron chi connectivity index (χ0n) is 15.0. The fourth-order valence-electron chi connectivity index (χ4n) is 3.09. The van der Waals surface area contributed by atoms with Gasteiger partial charge < -0.3 is 20.5 Å². The number of H-pyrrole nitrogens is 1. The molecule has 27 heavy (non-hydrogen) atoms. The van der Waals surface area contributed by atoms with E-state index >= 15 is 0 Å². The third-order valence-electron chi connectivity index (χ3n) is 4.50. The Morgan fingerprint density at radius 1 is 1.07 bits per heavy atom. The van der Waals surface area contributed by atoms with E-state index in [0.29, 0.717) is 12.5 Å². The molecule has 4 rings (SSSR count). The van der Waals surface area contributed by atoms with Crippen LogP contribution in [0, 0.1) is 0 Å². The van der Waals surface area contributed by atoms with Gasteiger partial charge in [-0.15, -0.1) is 24.0 Å². The number of halogens is 1. The Balaban J connectivity index is 0.00000210. The Bertz CT molecular complexity index is 854. The van der Waals surface area contributed by atoms with Crippen LogP contribution in [0.3, 0.4) is 0 Å². The van der Waals surface area contributed by atoms with E-state index in [2.05, 4.69) is 34.7 Å². The molecule has 0 atom stereocenters. The van der Waals surface area contributed by atoms with Crippen molar-refractivity contribution in [2.24, 2.45) is 10.7 Å². The minimum atomic E-state index is 0. The number of nitrogens with zero attached hydrogens (tertiary/aromatic N) is 6. The molecule has 0 radical (unpaired) electrons. The molecular formula is C18H23IN8. The van der Waals surface area contributed by atoms with E-state index in [1.807, 2.05) is 30.3 Å². The van der Waals surface area contributed by atoms with Gasteiger partial charge in [-0.25, -0.2) is 15.0 Å². The predicted octanol–water partition coefficient (Wildman–Crippen LogP) is 1.65. The molecule has 8 nitrogen and oxygen atoms in total. The van der Waals surface area contributed by atoms with E-state index in [1.165, 1.54) is 0 Å². The van der Waals surface area contributed by atoms with E-state index in [4.69, 9.17) is 5.73 Å². The molecule has 3 N–H and O–H groups in total. The maximum atomic E-state index is 6.17. The molecule has 0 amide bonds. The molecule has 0 unspecified atom stereocenters. The third-order valence-corrected chi connectivity index (χ3v) is 4.50. The van der Waals surface area contributed by atoms with Crippen molar-refractivity contribution in [3.05, 3.63) is 48.5 Å². The summed E-state index contributed by atoms with van der Waals surface area (Å²) in [5.41, 5.74) is 8.21. The number of fused-ring (bicyclic) bond motifs is 1. The summed E-state index contributed by atoms with van der Waals surface area (Å²) in [6.07, 6.45) is 4.28. The highest BCUT2D eigenvalue weighted by Gasteiger charge is 2.19. The molecule has 0 aliphatic carbocycles. The Morgan fingerprint density at radius 3 is 2.56 bits per heavy atom. The summed E-state index contributed by atoms with van der Waals surface area (Å²) < 4.78 is 0. The molecule has 1 fully saturated rings. The van der Waals surface area contributed by atoms with E-state index < -0.39 is 0 Å². The van der Waals surface area contributed by atoms with Crippen molar-refractivity contribution < 1.29 is 0 Å². The van der Waals surface area contributed by atoms with Crippen molar-refractivity contribution in [3.8, 4) is 0 Å². The van der Waals surface area contributed by atoms with Gasteiger partial charge in [0.25, 0.3) is 0 Å². The first kappa shape index (κ1) is 19.3. The van der Waals surface area contributed by atoms with Gasteiger partial charge in [-0.2, -0.15) is 0 Å². The minimum absolute atomic E-state index is 0. The number of piperazine rings is 1. The van der Waals surface area contributed by atoms with Crippen LogP contribution < -0.4 is 10.6 Å². The molecule has 0 saturated carbocycles. The highest BCUT2D eigenvalue weighted by molar-refractivity contribution is 14.0. The molecule has 3 aromatic rings. The lowest BCUT2D eigenvalue weighted by Gasteiger charge is -2.35. The Hall–Kier alpha value is -2.43. The van der Waals surface area contributed by atoms with Gasteiger partial charge in [-0.3, -0.25) is 4.99 Å². The van der Waals surface area contributed by atoms with E-state index in [9.17, 15) is 0 Å². The molecule has 2 aromatic heterocycles. The highest BCUT2D eigenvalue weighted by Crippen LogP contribution is 2.11. The van der Waals surface area contributed by atoms with Gasteiger partial charge >= 0.3 is 0 Å². The topological polar surface area (TPSA) is 99.3 Å². The van der Waals surface area contributed by atoms with E-state index in [0.717, 1.165) is 55.4 Å². The standard InChI is InChI=1S/C18H22N8.HI/c19-17(20-9-6-16-23-14-4-1-2-5-15(14)24-16)25-10-12-26(13-11-25)18-21-7-3-8-22-18;/h1-5,7-8H,6,9-13H2,(H2,19,20)(H,23,24);1H. The Labute approximate surface area is 174 Å². The highest BCUT2D eigenvalue weighted by atomic mass is 127. The first-order chi connectivity index (χ1) is 12.8.